The number of hydrogen-bond acceptors (Lipinski definition) is 5. The monoisotopic (exact) mass is 436 g/mol. The number of thioether (sulfide) groups is 1. The predicted octanol–water partition coefficient (Wildman–Crippen LogP) is 4.74. The largest absolute Gasteiger partial charge is 0.484 e. The van der Waals surface area contributed by atoms with Crippen LogP contribution in [0.15, 0.2) is 47.6 Å². The molecule has 0 radical (unpaired) electrons. The first-order valence-electron chi connectivity index (χ1n) is 8.38. The molecule has 0 spiro atoms. The molecule has 1 heterocycles. The van der Waals surface area contributed by atoms with Crippen LogP contribution in [0.4, 0.5) is 5.69 Å². The summed E-state index contributed by atoms with van der Waals surface area (Å²) in [6, 6.07) is 12.6. The van der Waals surface area contributed by atoms with Crippen LogP contribution in [0.3, 0.4) is 0 Å². The van der Waals surface area contributed by atoms with Crippen LogP contribution in [-0.2, 0) is 18.4 Å². The fourth-order valence-corrected chi connectivity index (χ4v) is 3.45. The Bertz CT molecular complexity index is 994. The molecule has 2 aromatic carbocycles. The van der Waals surface area contributed by atoms with E-state index in [0.29, 0.717) is 32.5 Å². The number of anilines is 1. The van der Waals surface area contributed by atoms with Gasteiger partial charge in [0.1, 0.15) is 12.4 Å². The third-order valence-corrected chi connectivity index (χ3v) is 5.38. The van der Waals surface area contributed by atoms with Gasteiger partial charge in [-0.2, -0.15) is 0 Å². The van der Waals surface area contributed by atoms with Crippen molar-refractivity contribution in [3.8, 4) is 5.75 Å². The van der Waals surface area contributed by atoms with Gasteiger partial charge in [0.15, 0.2) is 11.0 Å². The second kappa shape index (κ2) is 9.32. The van der Waals surface area contributed by atoms with E-state index in [1.54, 1.807) is 34.9 Å². The van der Waals surface area contributed by atoms with Crippen molar-refractivity contribution < 1.29 is 9.53 Å². The lowest BCUT2D eigenvalue weighted by Crippen LogP contribution is -2.14. The molecule has 0 bridgehead atoms. The van der Waals surface area contributed by atoms with E-state index in [1.165, 1.54) is 11.8 Å². The summed E-state index contributed by atoms with van der Waals surface area (Å²) in [5.74, 6) is 1.28. The maximum Gasteiger partial charge on any atom is 0.234 e. The Kier molecular flexibility index (Phi) is 6.83. The number of nitrogens with one attached hydrogen (secondary N) is 1. The molecule has 146 valence electrons. The van der Waals surface area contributed by atoms with Crippen molar-refractivity contribution in [2.24, 2.45) is 7.05 Å². The summed E-state index contributed by atoms with van der Waals surface area (Å²) in [4.78, 5) is 12.1. The molecule has 1 aromatic heterocycles. The van der Waals surface area contributed by atoms with Gasteiger partial charge in [-0.15, -0.1) is 10.2 Å². The van der Waals surface area contributed by atoms with Crippen LogP contribution in [0.5, 0.6) is 5.75 Å². The predicted molar refractivity (Wildman–Crippen MR) is 112 cm³/mol. The highest BCUT2D eigenvalue weighted by atomic mass is 35.5. The number of benzene rings is 2. The normalized spacial score (nSPS) is 10.7. The minimum atomic E-state index is -0.153. The molecule has 6 nitrogen and oxygen atoms in total. The first kappa shape index (κ1) is 20.5. The Labute approximate surface area is 177 Å². The summed E-state index contributed by atoms with van der Waals surface area (Å²) in [5.41, 5.74) is 1.71. The van der Waals surface area contributed by atoms with Crippen molar-refractivity contribution in [3.63, 3.8) is 0 Å². The Morgan fingerprint density at radius 2 is 2.04 bits per heavy atom. The van der Waals surface area contributed by atoms with Crippen molar-refractivity contribution in [2.45, 2.75) is 18.7 Å². The van der Waals surface area contributed by atoms with Gasteiger partial charge < -0.3 is 14.6 Å². The average molecular weight is 437 g/mol. The minimum absolute atomic E-state index is 0.153. The lowest BCUT2D eigenvalue weighted by molar-refractivity contribution is -0.113. The van der Waals surface area contributed by atoms with Crippen LogP contribution in [0.1, 0.15) is 11.4 Å². The highest BCUT2D eigenvalue weighted by Gasteiger charge is 2.13. The van der Waals surface area contributed by atoms with E-state index in [0.717, 1.165) is 5.56 Å². The second-order valence-electron chi connectivity index (χ2n) is 6.03. The first-order valence-corrected chi connectivity index (χ1v) is 10.1. The summed E-state index contributed by atoms with van der Waals surface area (Å²) >= 11 is 13.4. The first-order chi connectivity index (χ1) is 13.4. The van der Waals surface area contributed by atoms with Crippen LogP contribution in [0.2, 0.25) is 10.0 Å². The fraction of sp³-hybridized carbons (Fsp3) is 0.211. The number of ether oxygens (including phenoxy) is 1. The van der Waals surface area contributed by atoms with Gasteiger partial charge in [0, 0.05) is 17.8 Å². The molecule has 0 aliphatic rings. The molecule has 1 amide bonds. The van der Waals surface area contributed by atoms with E-state index in [2.05, 4.69) is 15.5 Å². The zero-order valence-electron chi connectivity index (χ0n) is 15.3. The quantitative estimate of drug-likeness (QED) is 0.541. The highest BCUT2D eigenvalue weighted by molar-refractivity contribution is 7.99. The number of carbonyl (C=O) groups is 1. The van der Waals surface area contributed by atoms with Crippen LogP contribution >= 0.6 is 35.0 Å². The molecule has 0 aliphatic heterocycles. The lowest BCUT2D eigenvalue weighted by Gasteiger charge is -2.09. The molecule has 0 aliphatic carbocycles. The molecule has 0 fully saturated rings. The van der Waals surface area contributed by atoms with Gasteiger partial charge in [-0.3, -0.25) is 4.79 Å². The number of rotatable bonds is 7. The Morgan fingerprint density at radius 3 is 2.82 bits per heavy atom. The number of nitrogens with zero attached hydrogens (tertiary/aromatic N) is 3. The molecule has 0 saturated heterocycles. The fourth-order valence-electron chi connectivity index (χ4n) is 2.35. The molecule has 0 saturated carbocycles. The van der Waals surface area contributed by atoms with E-state index in [4.69, 9.17) is 27.9 Å². The Hall–Kier alpha value is -2.22. The zero-order chi connectivity index (χ0) is 20.1. The van der Waals surface area contributed by atoms with E-state index >= 15 is 0 Å². The Balaban J connectivity index is 1.55. The lowest BCUT2D eigenvalue weighted by atomic mass is 10.2. The van der Waals surface area contributed by atoms with E-state index in [-0.39, 0.29) is 18.3 Å². The van der Waals surface area contributed by atoms with Gasteiger partial charge in [-0.1, -0.05) is 47.1 Å². The molecule has 9 heteroatoms. The summed E-state index contributed by atoms with van der Waals surface area (Å²) in [7, 11) is 1.83. The molecule has 0 unspecified atom stereocenters. The number of amides is 1. The average Bonchev–Trinajstić information content (AvgIpc) is 3.00. The van der Waals surface area contributed by atoms with Crippen molar-refractivity contribution in [1.82, 2.24) is 14.8 Å². The topological polar surface area (TPSA) is 69.0 Å². The Morgan fingerprint density at radius 1 is 1.21 bits per heavy atom. The van der Waals surface area contributed by atoms with Gasteiger partial charge in [0.2, 0.25) is 5.91 Å². The molecule has 0 atom stereocenters. The van der Waals surface area contributed by atoms with E-state index < -0.39 is 0 Å². The number of aromatic nitrogens is 3. The number of aryl methyl sites for hydroxylation is 1. The van der Waals surface area contributed by atoms with Crippen molar-refractivity contribution >= 4 is 46.6 Å². The van der Waals surface area contributed by atoms with Crippen LogP contribution in [0.25, 0.3) is 0 Å². The zero-order valence-corrected chi connectivity index (χ0v) is 17.6. The summed E-state index contributed by atoms with van der Waals surface area (Å²) in [6.45, 7) is 2.19. The molecule has 3 aromatic rings. The number of carbonyl (C=O) groups excluding carboxylic acids is 1. The van der Waals surface area contributed by atoms with Crippen molar-refractivity contribution in [1.29, 1.82) is 0 Å². The van der Waals surface area contributed by atoms with Crippen LogP contribution in [0, 0.1) is 6.92 Å². The van der Waals surface area contributed by atoms with E-state index in [9.17, 15) is 4.79 Å². The smallest absolute Gasteiger partial charge is 0.234 e. The molecular weight excluding hydrogens is 419 g/mol. The summed E-state index contributed by atoms with van der Waals surface area (Å²) in [6.07, 6.45) is 0. The summed E-state index contributed by atoms with van der Waals surface area (Å²) < 4.78 is 7.55. The third-order valence-electron chi connectivity index (χ3n) is 3.81. The van der Waals surface area contributed by atoms with Crippen molar-refractivity contribution in [2.75, 3.05) is 11.1 Å². The number of halogens is 2. The minimum Gasteiger partial charge on any atom is -0.484 e. The maximum absolute atomic E-state index is 12.1. The standard InChI is InChI=1S/C19H18Cl2N4O2S/c1-12-6-7-15(21)16(8-12)27-10-17-23-24-19(25(17)2)28-11-18(26)22-14-5-3-4-13(20)9-14/h3-9H,10-11H2,1-2H3,(H,22,26). The molecule has 3 rings (SSSR count). The molecule has 28 heavy (non-hydrogen) atoms. The van der Waals surface area contributed by atoms with Gasteiger partial charge >= 0.3 is 0 Å². The van der Waals surface area contributed by atoms with Crippen molar-refractivity contribution in [3.05, 3.63) is 63.9 Å². The van der Waals surface area contributed by atoms with Gasteiger partial charge in [-0.05, 0) is 42.8 Å². The van der Waals surface area contributed by atoms with Gasteiger partial charge in [0.25, 0.3) is 0 Å². The van der Waals surface area contributed by atoms with Crippen LogP contribution < -0.4 is 10.1 Å². The SMILES string of the molecule is Cc1ccc(Cl)c(OCc2nnc(SCC(=O)Nc3cccc(Cl)c3)n2C)c1. The summed E-state index contributed by atoms with van der Waals surface area (Å²) in [5, 5.41) is 12.8. The maximum atomic E-state index is 12.1. The van der Waals surface area contributed by atoms with Gasteiger partial charge in [0.05, 0.1) is 10.8 Å². The highest BCUT2D eigenvalue weighted by Crippen LogP contribution is 2.26. The van der Waals surface area contributed by atoms with Crippen LogP contribution in [-0.4, -0.2) is 26.4 Å². The second-order valence-corrected chi connectivity index (χ2v) is 7.81. The van der Waals surface area contributed by atoms with E-state index in [1.807, 2.05) is 26.1 Å². The molecular formula is C19H18Cl2N4O2S. The number of hydrogen-bond donors (Lipinski definition) is 1. The van der Waals surface area contributed by atoms with Gasteiger partial charge in [-0.25, -0.2) is 0 Å². The third kappa shape index (κ3) is 5.41. The molecule has 1 N–H and O–H groups in total.